The first-order chi connectivity index (χ1) is 9.76. The van der Waals surface area contributed by atoms with Crippen molar-refractivity contribution in [3.8, 4) is 5.75 Å². The minimum Gasteiger partial charge on any atom is -0.497 e. The number of fused-ring (bicyclic) bond motifs is 1. The molecule has 2 aliphatic rings. The highest BCUT2D eigenvalue weighted by Gasteiger charge is 2.24. The lowest BCUT2D eigenvalue weighted by molar-refractivity contribution is 0.0828. The summed E-state index contributed by atoms with van der Waals surface area (Å²) in [4.78, 5) is 2.38. The van der Waals surface area contributed by atoms with Crippen LogP contribution in [-0.2, 0) is 6.42 Å². The Kier molecular flexibility index (Phi) is 4.24. The highest BCUT2D eigenvalue weighted by molar-refractivity contribution is 5.39. The molecule has 1 aromatic rings. The van der Waals surface area contributed by atoms with Crippen LogP contribution in [0, 0.1) is 0 Å². The van der Waals surface area contributed by atoms with Crippen molar-refractivity contribution in [3.05, 3.63) is 29.3 Å². The molecule has 1 heterocycles. The summed E-state index contributed by atoms with van der Waals surface area (Å²) in [5.41, 5.74) is 6.64. The van der Waals surface area contributed by atoms with Gasteiger partial charge in [0.05, 0.1) is 7.11 Å². The number of benzene rings is 1. The number of ether oxygens (including phenoxy) is 1. The number of hydrogen-bond donors (Lipinski definition) is 1. The predicted octanol–water partition coefficient (Wildman–Crippen LogP) is 1.82. The molecule has 4 nitrogen and oxygen atoms in total. The maximum absolute atomic E-state index is 5.38. The van der Waals surface area contributed by atoms with Crippen molar-refractivity contribution < 1.29 is 4.74 Å². The van der Waals surface area contributed by atoms with Crippen molar-refractivity contribution in [2.45, 2.75) is 25.3 Å². The monoisotopic (exact) mass is 275 g/mol. The summed E-state index contributed by atoms with van der Waals surface area (Å²) in [7, 11) is 3.94. The van der Waals surface area contributed by atoms with E-state index in [1.807, 2.05) is 0 Å². The zero-order valence-corrected chi connectivity index (χ0v) is 12.6. The Morgan fingerprint density at radius 1 is 1.20 bits per heavy atom. The Morgan fingerprint density at radius 3 is 2.75 bits per heavy atom. The summed E-state index contributed by atoms with van der Waals surface area (Å²) in [6.07, 6.45) is 3.68. The normalized spacial score (nSPS) is 24.4. The van der Waals surface area contributed by atoms with E-state index in [2.05, 4.69) is 40.6 Å². The molecule has 0 amide bonds. The van der Waals surface area contributed by atoms with Crippen molar-refractivity contribution in [2.75, 3.05) is 40.3 Å². The van der Waals surface area contributed by atoms with E-state index in [4.69, 9.17) is 4.74 Å². The molecule has 4 heteroatoms. The second-order valence-electron chi connectivity index (χ2n) is 5.93. The minimum atomic E-state index is 0.442. The molecular weight excluding hydrogens is 250 g/mol. The van der Waals surface area contributed by atoms with Crippen LogP contribution in [0.2, 0.25) is 0 Å². The van der Waals surface area contributed by atoms with Crippen LogP contribution in [0.15, 0.2) is 18.2 Å². The van der Waals surface area contributed by atoms with Gasteiger partial charge in [-0.3, -0.25) is 0 Å². The average Bonchev–Trinajstić information content (AvgIpc) is 2.49. The smallest absolute Gasteiger partial charge is 0.119 e. The number of hydrogen-bond acceptors (Lipinski definition) is 4. The number of hydrazine groups is 1. The summed E-state index contributed by atoms with van der Waals surface area (Å²) in [6, 6.07) is 6.96. The molecule has 1 aliphatic heterocycles. The fourth-order valence-electron chi connectivity index (χ4n) is 3.19. The van der Waals surface area contributed by atoms with Gasteiger partial charge < -0.3 is 9.64 Å². The highest BCUT2D eigenvalue weighted by atomic mass is 16.5. The molecule has 1 saturated heterocycles. The van der Waals surface area contributed by atoms with Crippen LogP contribution in [0.3, 0.4) is 0 Å². The van der Waals surface area contributed by atoms with E-state index < -0.39 is 0 Å². The van der Waals surface area contributed by atoms with E-state index in [-0.39, 0.29) is 0 Å². The van der Waals surface area contributed by atoms with Gasteiger partial charge in [-0.2, -0.15) is 0 Å². The second kappa shape index (κ2) is 6.12. The van der Waals surface area contributed by atoms with Gasteiger partial charge in [0.15, 0.2) is 0 Å². The third-order valence-corrected chi connectivity index (χ3v) is 4.51. The van der Waals surface area contributed by atoms with Crippen LogP contribution in [0.1, 0.15) is 30.0 Å². The molecule has 1 aliphatic carbocycles. The van der Waals surface area contributed by atoms with E-state index >= 15 is 0 Å². The van der Waals surface area contributed by atoms with E-state index in [0.717, 1.165) is 31.9 Å². The van der Waals surface area contributed by atoms with Gasteiger partial charge in [-0.1, -0.05) is 6.07 Å². The molecule has 110 valence electrons. The quantitative estimate of drug-likeness (QED) is 0.911. The maximum Gasteiger partial charge on any atom is 0.119 e. The number of likely N-dealkylation sites (N-methyl/N-ethyl adjacent to an activating group) is 1. The van der Waals surface area contributed by atoms with Crippen LogP contribution in [0.25, 0.3) is 0 Å². The van der Waals surface area contributed by atoms with Gasteiger partial charge in [0, 0.05) is 32.2 Å². The molecular formula is C16H25N3O. The third kappa shape index (κ3) is 2.97. The summed E-state index contributed by atoms with van der Waals surface area (Å²) in [5, 5.41) is 2.39. The largest absolute Gasteiger partial charge is 0.497 e. The highest BCUT2D eigenvalue weighted by Crippen LogP contribution is 2.32. The van der Waals surface area contributed by atoms with Gasteiger partial charge in [-0.25, -0.2) is 10.4 Å². The van der Waals surface area contributed by atoms with Gasteiger partial charge >= 0.3 is 0 Å². The lowest BCUT2D eigenvalue weighted by Crippen LogP contribution is -2.52. The summed E-state index contributed by atoms with van der Waals surface area (Å²) >= 11 is 0. The number of aryl methyl sites for hydroxylation is 1. The van der Waals surface area contributed by atoms with E-state index in [9.17, 15) is 0 Å². The first kappa shape index (κ1) is 13.9. The molecule has 3 rings (SSSR count). The van der Waals surface area contributed by atoms with Gasteiger partial charge in [0.1, 0.15) is 5.75 Å². The standard InChI is InChI=1S/C16H25N3O/c1-18-8-10-19(11-9-18)17-16-5-3-4-13-6-7-14(20-2)12-15(13)16/h6-7,12,16-17H,3-5,8-11H2,1-2H3. The number of methoxy groups -OCH3 is 1. The van der Waals surface area contributed by atoms with Crippen LogP contribution < -0.4 is 10.2 Å². The summed E-state index contributed by atoms with van der Waals surface area (Å²) in [5.74, 6) is 0.968. The number of rotatable bonds is 3. The second-order valence-corrected chi connectivity index (χ2v) is 5.93. The summed E-state index contributed by atoms with van der Waals surface area (Å²) in [6.45, 7) is 4.49. The van der Waals surface area contributed by atoms with Crippen molar-refractivity contribution in [2.24, 2.45) is 0 Å². The predicted molar refractivity (Wildman–Crippen MR) is 80.9 cm³/mol. The lowest BCUT2D eigenvalue weighted by Gasteiger charge is -2.37. The average molecular weight is 275 g/mol. The molecule has 1 N–H and O–H groups in total. The van der Waals surface area contributed by atoms with Gasteiger partial charge in [0.25, 0.3) is 0 Å². The Balaban J connectivity index is 1.72. The topological polar surface area (TPSA) is 27.7 Å². The lowest BCUT2D eigenvalue weighted by atomic mass is 9.88. The third-order valence-electron chi connectivity index (χ3n) is 4.51. The molecule has 0 saturated carbocycles. The zero-order valence-electron chi connectivity index (χ0n) is 12.6. The molecule has 0 radical (unpaired) electrons. The molecule has 1 fully saturated rings. The van der Waals surface area contributed by atoms with Crippen LogP contribution in [-0.4, -0.2) is 50.2 Å². The number of nitrogens with one attached hydrogen (secondary N) is 1. The Bertz CT molecular complexity index is 455. The van der Waals surface area contributed by atoms with E-state index in [0.29, 0.717) is 6.04 Å². The first-order valence-electron chi connectivity index (χ1n) is 7.63. The first-order valence-corrected chi connectivity index (χ1v) is 7.63. The maximum atomic E-state index is 5.38. The fraction of sp³-hybridized carbons (Fsp3) is 0.625. The summed E-state index contributed by atoms with van der Waals surface area (Å²) < 4.78 is 5.38. The Hall–Kier alpha value is -1.10. The zero-order chi connectivity index (χ0) is 13.9. The van der Waals surface area contributed by atoms with Crippen molar-refractivity contribution in [1.29, 1.82) is 0 Å². The van der Waals surface area contributed by atoms with Crippen LogP contribution in [0.5, 0.6) is 5.75 Å². The fourth-order valence-corrected chi connectivity index (χ4v) is 3.19. The molecule has 0 bridgehead atoms. The minimum absolute atomic E-state index is 0.442. The van der Waals surface area contributed by atoms with Gasteiger partial charge in [-0.15, -0.1) is 0 Å². The van der Waals surface area contributed by atoms with E-state index in [1.165, 1.54) is 30.4 Å². The molecule has 1 atom stereocenters. The van der Waals surface area contributed by atoms with Crippen LogP contribution in [0.4, 0.5) is 0 Å². The Morgan fingerprint density at radius 2 is 2.00 bits per heavy atom. The molecule has 20 heavy (non-hydrogen) atoms. The number of nitrogens with zero attached hydrogens (tertiary/aromatic N) is 2. The molecule has 1 aromatic carbocycles. The van der Waals surface area contributed by atoms with Crippen LogP contribution >= 0.6 is 0 Å². The van der Waals surface area contributed by atoms with Gasteiger partial charge in [-0.05, 0) is 49.6 Å². The molecule has 1 unspecified atom stereocenters. The van der Waals surface area contributed by atoms with Crippen molar-refractivity contribution in [3.63, 3.8) is 0 Å². The SMILES string of the molecule is COc1ccc2c(c1)C(NN1CCN(C)CC1)CCC2. The molecule has 0 spiro atoms. The Labute approximate surface area is 121 Å². The van der Waals surface area contributed by atoms with Gasteiger partial charge in [0.2, 0.25) is 0 Å². The van der Waals surface area contributed by atoms with E-state index in [1.54, 1.807) is 7.11 Å². The van der Waals surface area contributed by atoms with Crippen molar-refractivity contribution >= 4 is 0 Å². The molecule has 0 aromatic heterocycles. The number of piperazine rings is 1. The van der Waals surface area contributed by atoms with Crippen molar-refractivity contribution in [1.82, 2.24) is 15.3 Å².